The van der Waals surface area contributed by atoms with Gasteiger partial charge in [0, 0.05) is 36.2 Å². The van der Waals surface area contributed by atoms with Gasteiger partial charge >= 0.3 is 0 Å². The van der Waals surface area contributed by atoms with Crippen molar-refractivity contribution in [1.82, 2.24) is 9.36 Å². The molecule has 0 spiro atoms. The molecule has 25 heavy (non-hydrogen) atoms. The Bertz CT molecular complexity index is 828. The van der Waals surface area contributed by atoms with Crippen LogP contribution in [-0.4, -0.2) is 28.5 Å². The molecule has 0 amide bonds. The predicted octanol–water partition coefficient (Wildman–Crippen LogP) is 4.43. The lowest BCUT2D eigenvalue weighted by Gasteiger charge is -2.32. The Morgan fingerprint density at radius 1 is 1.00 bits per heavy atom. The topological polar surface area (TPSA) is 41.0 Å². The van der Waals surface area contributed by atoms with Crippen LogP contribution in [0.1, 0.15) is 12.8 Å². The molecular formula is C19H19FN4S. The van der Waals surface area contributed by atoms with Gasteiger partial charge in [-0.3, -0.25) is 0 Å². The standard InChI is InChI=1S/C19H19FN4S/c20-16-8-4-5-9-17(16)21-15-10-12-24(13-11-15)19-22-18(23-25-19)14-6-2-1-3-7-14/h1-9,15,21H,10-13H2. The molecule has 0 unspecified atom stereocenters. The summed E-state index contributed by atoms with van der Waals surface area (Å²) >= 11 is 1.44. The van der Waals surface area contributed by atoms with Crippen molar-refractivity contribution in [3.63, 3.8) is 0 Å². The van der Waals surface area contributed by atoms with Crippen molar-refractivity contribution in [2.45, 2.75) is 18.9 Å². The molecule has 3 aromatic rings. The Balaban J connectivity index is 1.38. The van der Waals surface area contributed by atoms with Gasteiger partial charge in [-0.25, -0.2) is 4.39 Å². The van der Waals surface area contributed by atoms with E-state index in [9.17, 15) is 4.39 Å². The monoisotopic (exact) mass is 354 g/mol. The molecule has 0 atom stereocenters. The number of rotatable bonds is 4. The molecule has 128 valence electrons. The number of nitrogens with zero attached hydrogens (tertiary/aromatic N) is 3. The van der Waals surface area contributed by atoms with E-state index in [1.165, 1.54) is 17.6 Å². The van der Waals surface area contributed by atoms with E-state index in [0.29, 0.717) is 5.69 Å². The first-order valence-electron chi connectivity index (χ1n) is 8.45. The second-order valence-corrected chi connectivity index (χ2v) is 6.88. The summed E-state index contributed by atoms with van der Waals surface area (Å²) in [5.41, 5.74) is 1.63. The summed E-state index contributed by atoms with van der Waals surface area (Å²) < 4.78 is 18.2. The largest absolute Gasteiger partial charge is 0.380 e. The third kappa shape index (κ3) is 3.64. The number of halogens is 1. The molecule has 1 aromatic heterocycles. The third-order valence-electron chi connectivity index (χ3n) is 4.45. The zero-order chi connectivity index (χ0) is 17.1. The molecule has 0 radical (unpaired) electrons. The SMILES string of the molecule is Fc1ccccc1NC1CCN(c2nc(-c3ccccc3)ns2)CC1. The van der Waals surface area contributed by atoms with Crippen LogP contribution in [0.25, 0.3) is 11.4 Å². The molecule has 0 saturated carbocycles. The Kier molecular flexibility index (Phi) is 4.61. The van der Waals surface area contributed by atoms with Gasteiger partial charge < -0.3 is 10.2 Å². The summed E-state index contributed by atoms with van der Waals surface area (Å²) in [5, 5.41) is 4.28. The Morgan fingerprint density at radius 2 is 1.72 bits per heavy atom. The number of hydrogen-bond acceptors (Lipinski definition) is 5. The first kappa shape index (κ1) is 16.0. The van der Waals surface area contributed by atoms with Crippen LogP contribution in [0.2, 0.25) is 0 Å². The number of aromatic nitrogens is 2. The summed E-state index contributed by atoms with van der Waals surface area (Å²) in [5.74, 6) is 0.591. The summed E-state index contributed by atoms with van der Waals surface area (Å²) in [6.45, 7) is 1.80. The van der Waals surface area contributed by atoms with Gasteiger partial charge in [0.05, 0.1) is 5.69 Å². The van der Waals surface area contributed by atoms with E-state index in [-0.39, 0.29) is 11.9 Å². The van der Waals surface area contributed by atoms with Crippen LogP contribution in [0.3, 0.4) is 0 Å². The lowest BCUT2D eigenvalue weighted by Crippen LogP contribution is -2.39. The van der Waals surface area contributed by atoms with Gasteiger partial charge in [-0.1, -0.05) is 42.5 Å². The number of benzene rings is 2. The molecule has 0 aliphatic carbocycles. The molecule has 1 saturated heterocycles. The highest BCUT2D eigenvalue weighted by atomic mass is 32.1. The number of piperidine rings is 1. The zero-order valence-corrected chi connectivity index (χ0v) is 14.5. The van der Waals surface area contributed by atoms with Crippen molar-refractivity contribution in [2.75, 3.05) is 23.3 Å². The average Bonchev–Trinajstić information content (AvgIpc) is 3.15. The fourth-order valence-corrected chi connectivity index (χ4v) is 3.80. The summed E-state index contributed by atoms with van der Waals surface area (Å²) in [7, 11) is 0. The van der Waals surface area contributed by atoms with Crippen LogP contribution >= 0.6 is 11.5 Å². The minimum atomic E-state index is -0.193. The van der Waals surface area contributed by atoms with Gasteiger partial charge in [-0.2, -0.15) is 9.36 Å². The molecule has 4 nitrogen and oxygen atoms in total. The quantitative estimate of drug-likeness (QED) is 0.753. The normalized spacial score (nSPS) is 15.3. The minimum absolute atomic E-state index is 0.193. The van der Waals surface area contributed by atoms with Gasteiger partial charge in [0.15, 0.2) is 5.82 Å². The van der Waals surface area contributed by atoms with E-state index >= 15 is 0 Å². The molecule has 6 heteroatoms. The maximum atomic E-state index is 13.8. The smallest absolute Gasteiger partial charge is 0.205 e. The van der Waals surface area contributed by atoms with Crippen LogP contribution in [0, 0.1) is 5.82 Å². The first-order valence-corrected chi connectivity index (χ1v) is 9.22. The van der Waals surface area contributed by atoms with Crippen molar-refractivity contribution in [3.05, 3.63) is 60.4 Å². The molecule has 2 heterocycles. The molecule has 0 bridgehead atoms. The number of nitrogens with one attached hydrogen (secondary N) is 1. The lowest BCUT2D eigenvalue weighted by molar-refractivity contribution is 0.522. The molecule has 1 aliphatic heterocycles. The molecule has 1 N–H and O–H groups in total. The zero-order valence-electron chi connectivity index (χ0n) is 13.7. The highest BCUT2D eigenvalue weighted by Crippen LogP contribution is 2.27. The molecule has 1 fully saturated rings. The molecule has 4 rings (SSSR count). The maximum absolute atomic E-state index is 13.8. The molecule has 1 aliphatic rings. The summed E-state index contributed by atoms with van der Waals surface area (Å²) in [4.78, 5) is 6.95. The highest BCUT2D eigenvalue weighted by Gasteiger charge is 2.22. The minimum Gasteiger partial charge on any atom is -0.380 e. The van der Waals surface area contributed by atoms with E-state index in [4.69, 9.17) is 0 Å². The Morgan fingerprint density at radius 3 is 2.48 bits per heavy atom. The number of anilines is 2. The predicted molar refractivity (Wildman–Crippen MR) is 101 cm³/mol. The van der Waals surface area contributed by atoms with Crippen LogP contribution in [-0.2, 0) is 0 Å². The van der Waals surface area contributed by atoms with Crippen LogP contribution in [0.15, 0.2) is 54.6 Å². The highest BCUT2D eigenvalue weighted by molar-refractivity contribution is 7.09. The van der Waals surface area contributed by atoms with Crippen molar-refractivity contribution in [3.8, 4) is 11.4 Å². The second-order valence-electron chi connectivity index (χ2n) is 6.15. The van der Waals surface area contributed by atoms with Crippen molar-refractivity contribution in [1.29, 1.82) is 0 Å². The van der Waals surface area contributed by atoms with Gasteiger partial charge in [-0.15, -0.1) is 0 Å². The summed E-state index contributed by atoms with van der Waals surface area (Å²) in [6, 6.07) is 17.2. The Labute approximate surface area is 150 Å². The second kappa shape index (κ2) is 7.19. The lowest BCUT2D eigenvalue weighted by atomic mass is 10.1. The van der Waals surface area contributed by atoms with Crippen LogP contribution in [0.4, 0.5) is 15.2 Å². The Hall–Kier alpha value is -2.47. The van der Waals surface area contributed by atoms with Crippen LogP contribution < -0.4 is 10.2 Å². The van der Waals surface area contributed by atoms with E-state index < -0.39 is 0 Å². The summed E-state index contributed by atoms with van der Waals surface area (Å²) in [6.07, 6.45) is 1.91. The van der Waals surface area contributed by atoms with Gasteiger partial charge in [-0.05, 0) is 25.0 Å². The van der Waals surface area contributed by atoms with Gasteiger partial charge in [0.2, 0.25) is 5.13 Å². The van der Waals surface area contributed by atoms with Crippen molar-refractivity contribution < 1.29 is 4.39 Å². The van der Waals surface area contributed by atoms with E-state index in [1.807, 2.05) is 36.4 Å². The fourth-order valence-electron chi connectivity index (χ4n) is 3.06. The van der Waals surface area contributed by atoms with Crippen molar-refractivity contribution >= 4 is 22.4 Å². The molecular weight excluding hydrogens is 335 g/mol. The first-order chi connectivity index (χ1) is 12.3. The molecule has 2 aromatic carbocycles. The fraction of sp³-hybridized carbons (Fsp3) is 0.263. The van der Waals surface area contributed by atoms with Crippen LogP contribution in [0.5, 0.6) is 0 Å². The van der Waals surface area contributed by atoms with E-state index in [1.54, 1.807) is 12.1 Å². The van der Waals surface area contributed by atoms with Gasteiger partial charge in [0.1, 0.15) is 5.82 Å². The maximum Gasteiger partial charge on any atom is 0.205 e. The van der Waals surface area contributed by atoms with Gasteiger partial charge in [0.25, 0.3) is 0 Å². The number of hydrogen-bond donors (Lipinski definition) is 1. The number of para-hydroxylation sites is 1. The third-order valence-corrected chi connectivity index (χ3v) is 5.22. The van der Waals surface area contributed by atoms with E-state index in [0.717, 1.165) is 42.5 Å². The average molecular weight is 354 g/mol. The van der Waals surface area contributed by atoms with Crippen molar-refractivity contribution in [2.24, 2.45) is 0 Å². The van der Waals surface area contributed by atoms with E-state index in [2.05, 4.69) is 19.6 Å².